The molecular weight excluding hydrogens is 281 g/mol. The highest BCUT2D eigenvalue weighted by atomic mass is 19.1. The molecule has 0 saturated heterocycles. The van der Waals surface area contributed by atoms with Crippen LogP contribution in [-0.4, -0.2) is 22.0 Å². The Morgan fingerprint density at radius 1 is 1.43 bits per heavy atom. The summed E-state index contributed by atoms with van der Waals surface area (Å²) in [5.41, 5.74) is 5.63. The summed E-state index contributed by atoms with van der Waals surface area (Å²) < 4.78 is 18.2. The minimum atomic E-state index is -0.618. The number of ether oxygens (including phenoxy) is 1. The standard InChI is InChI=1S/C12H12FN5O3/c1-6-10(18(19)20)11(17-12(14)15-6)16-8-4-3-7(13)5-9(8)21-2/h3-5H,1-2H3,(H3,14,15,16,17). The quantitative estimate of drug-likeness (QED) is 0.655. The number of nitrogens with two attached hydrogens (primary N) is 1. The van der Waals surface area contributed by atoms with Crippen molar-refractivity contribution in [2.24, 2.45) is 0 Å². The molecule has 0 aliphatic rings. The maximum Gasteiger partial charge on any atom is 0.332 e. The smallest absolute Gasteiger partial charge is 0.332 e. The van der Waals surface area contributed by atoms with E-state index in [4.69, 9.17) is 10.5 Å². The second-order valence-corrected chi connectivity index (χ2v) is 4.09. The molecule has 1 heterocycles. The van der Waals surface area contributed by atoms with Crippen molar-refractivity contribution in [3.63, 3.8) is 0 Å². The average molecular weight is 293 g/mol. The lowest BCUT2D eigenvalue weighted by atomic mass is 10.2. The van der Waals surface area contributed by atoms with Crippen molar-refractivity contribution < 1.29 is 14.1 Å². The van der Waals surface area contributed by atoms with Crippen molar-refractivity contribution >= 4 is 23.1 Å². The van der Waals surface area contributed by atoms with Crippen LogP contribution in [0.2, 0.25) is 0 Å². The number of nitrogens with zero attached hydrogens (tertiary/aromatic N) is 3. The van der Waals surface area contributed by atoms with Crippen LogP contribution in [0.3, 0.4) is 0 Å². The van der Waals surface area contributed by atoms with Crippen LogP contribution in [0.5, 0.6) is 5.75 Å². The molecule has 3 N–H and O–H groups in total. The summed E-state index contributed by atoms with van der Waals surface area (Å²) in [6.07, 6.45) is 0. The van der Waals surface area contributed by atoms with Crippen molar-refractivity contribution in [1.29, 1.82) is 0 Å². The van der Waals surface area contributed by atoms with Crippen LogP contribution in [0.1, 0.15) is 5.69 Å². The van der Waals surface area contributed by atoms with Crippen LogP contribution in [0, 0.1) is 22.9 Å². The molecule has 8 nitrogen and oxygen atoms in total. The van der Waals surface area contributed by atoms with Gasteiger partial charge in [0.1, 0.15) is 17.3 Å². The van der Waals surface area contributed by atoms with Crippen LogP contribution in [0.15, 0.2) is 18.2 Å². The van der Waals surface area contributed by atoms with Crippen molar-refractivity contribution in [2.45, 2.75) is 6.92 Å². The van der Waals surface area contributed by atoms with E-state index in [0.717, 1.165) is 6.07 Å². The summed E-state index contributed by atoms with van der Waals surface area (Å²) in [5, 5.41) is 13.8. The second kappa shape index (κ2) is 5.57. The monoisotopic (exact) mass is 293 g/mol. The number of hydrogen-bond acceptors (Lipinski definition) is 7. The first kappa shape index (κ1) is 14.4. The first-order valence-electron chi connectivity index (χ1n) is 5.81. The van der Waals surface area contributed by atoms with Crippen LogP contribution in [0.4, 0.5) is 27.5 Å². The summed E-state index contributed by atoms with van der Waals surface area (Å²) in [7, 11) is 1.36. The van der Waals surface area contributed by atoms with Gasteiger partial charge in [-0.2, -0.15) is 4.98 Å². The molecule has 0 saturated carbocycles. The summed E-state index contributed by atoms with van der Waals surface area (Å²) in [4.78, 5) is 18.0. The largest absolute Gasteiger partial charge is 0.494 e. The predicted molar refractivity (Wildman–Crippen MR) is 74.1 cm³/mol. The van der Waals surface area contributed by atoms with E-state index < -0.39 is 10.7 Å². The van der Waals surface area contributed by atoms with E-state index in [-0.39, 0.29) is 28.9 Å². The second-order valence-electron chi connectivity index (χ2n) is 4.09. The lowest BCUT2D eigenvalue weighted by Crippen LogP contribution is -2.07. The molecule has 0 aliphatic carbocycles. The molecule has 1 aromatic heterocycles. The van der Waals surface area contributed by atoms with Gasteiger partial charge in [-0.05, 0) is 19.1 Å². The minimum absolute atomic E-state index is 0.0880. The Labute approximate surface area is 118 Å². The third-order valence-corrected chi connectivity index (χ3v) is 2.67. The van der Waals surface area contributed by atoms with Gasteiger partial charge in [0.15, 0.2) is 0 Å². The Hall–Kier alpha value is -2.97. The Morgan fingerprint density at radius 2 is 2.14 bits per heavy atom. The lowest BCUT2D eigenvalue weighted by Gasteiger charge is -2.11. The SMILES string of the molecule is COc1cc(F)ccc1Nc1nc(N)nc(C)c1[N+](=O)[O-]. The van der Waals surface area contributed by atoms with Gasteiger partial charge < -0.3 is 15.8 Å². The predicted octanol–water partition coefficient (Wildman–Crippen LogP) is 2.17. The number of benzene rings is 1. The van der Waals surface area contributed by atoms with Gasteiger partial charge in [-0.1, -0.05) is 0 Å². The van der Waals surface area contributed by atoms with Crippen LogP contribution in [0.25, 0.3) is 0 Å². The first-order chi connectivity index (χ1) is 9.92. The number of hydrogen-bond donors (Lipinski definition) is 2. The third-order valence-electron chi connectivity index (χ3n) is 2.67. The lowest BCUT2D eigenvalue weighted by molar-refractivity contribution is -0.385. The topological polar surface area (TPSA) is 116 Å². The number of nitrogens with one attached hydrogen (secondary N) is 1. The van der Waals surface area contributed by atoms with Gasteiger partial charge in [0, 0.05) is 6.07 Å². The summed E-state index contributed by atoms with van der Waals surface area (Å²) in [5.74, 6) is -0.513. The third kappa shape index (κ3) is 2.96. The van der Waals surface area contributed by atoms with E-state index >= 15 is 0 Å². The molecule has 2 aromatic rings. The zero-order valence-corrected chi connectivity index (χ0v) is 11.3. The van der Waals surface area contributed by atoms with Gasteiger partial charge in [-0.15, -0.1) is 0 Å². The molecule has 21 heavy (non-hydrogen) atoms. The number of aromatic nitrogens is 2. The molecule has 0 fully saturated rings. The van der Waals surface area contributed by atoms with E-state index in [1.165, 1.54) is 26.2 Å². The number of nitrogen functional groups attached to an aromatic ring is 1. The minimum Gasteiger partial charge on any atom is -0.494 e. The molecule has 0 radical (unpaired) electrons. The maximum atomic E-state index is 13.1. The van der Waals surface area contributed by atoms with Crippen LogP contribution >= 0.6 is 0 Å². The highest BCUT2D eigenvalue weighted by molar-refractivity contribution is 5.71. The zero-order valence-electron chi connectivity index (χ0n) is 11.3. The van der Waals surface area contributed by atoms with Gasteiger partial charge in [-0.3, -0.25) is 10.1 Å². The van der Waals surface area contributed by atoms with Gasteiger partial charge in [0.05, 0.1) is 17.7 Å². The highest BCUT2D eigenvalue weighted by Gasteiger charge is 2.22. The molecule has 9 heteroatoms. The van der Waals surface area contributed by atoms with Crippen molar-refractivity contribution in [1.82, 2.24) is 9.97 Å². The molecular formula is C12H12FN5O3. The number of halogens is 1. The molecule has 2 rings (SSSR count). The molecule has 0 unspecified atom stereocenters. The van der Waals surface area contributed by atoms with E-state index in [9.17, 15) is 14.5 Å². The first-order valence-corrected chi connectivity index (χ1v) is 5.81. The molecule has 0 spiro atoms. The fourth-order valence-electron chi connectivity index (χ4n) is 1.79. The zero-order chi connectivity index (χ0) is 15.6. The number of aryl methyl sites for hydroxylation is 1. The molecule has 1 aromatic carbocycles. The number of nitro groups is 1. The van der Waals surface area contributed by atoms with Crippen LogP contribution < -0.4 is 15.8 Å². The Bertz CT molecular complexity index is 708. The van der Waals surface area contributed by atoms with Crippen LogP contribution in [-0.2, 0) is 0 Å². The van der Waals surface area contributed by atoms with Gasteiger partial charge in [-0.25, -0.2) is 9.37 Å². The number of anilines is 3. The van der Waals surface area contributed by atoms with Gasteiger partial charge in [0.2, 0.25) is 11.8 Å². The summed E-state index contributed by atoms with van der Waals surface area (Å²) in [6, 6.07) is 3.71. The Balaban J connectivity index is 2.51. The molecule has 0 amide bonds. The van der Waals surface area contributed by atoms with Gasteiger partial charge in [0.25, 0.3) is 0 Å². The molecule has 0 atom stereocenters. The molecule has 0 bridgehead atoms. The average Bonchev–Trinajstić information content (AvgIpc) is 2.39. The van der Waals surface area contributed by atoms with E-state index in [0.29, 0.717) is 5.69 Å². The Kier molecular flexibility index (Phi) is 3.83. The fraction of sp³-hybridized carbons (Fsp3) is 0.167. The van der Waals surface area contributed by atoms with E-state index in [2.05, 4.69) is 15.3 Å². The van der Waals surface area contributed by atoms with E-state index in [1.54, 1.807) is 0 Å². The van der Waals surface area contributed by atoms with Crippen molar-refractivity contribution in [3.05, 3.63) is 39.8 Å². The van der Waals surface area contributed by atoms with Crippen molar-refractivity contribution in [3.8, 4) is 5.75 Å². The number of rotatable bonds is 4. The molecule has 0 aliphatic heterocycles. The van der Waals surface area contributed by atoms with E-state index in [1.807, 2.05) is 0 Å². The highest BCUT2D eigenvalue weighted by Crippen LogP contribution is 2.33. The maximum absolute atomic E-state index is 13.1. The fourth-order valence-corrected chi connectivity index (χ4v) is 1.79. The molecule has 110 valence electrons. The number of methoxy groups -OCH3 is 1. The normalized spacial score (nSPS) is 10.2. The summed E-state index contributed by atoms with van der Waals surface area (Å²) >= 11 is 0. The summed E-state index contributed by atoms with van der Waals surface area (Å²) in [6.45, 7) is 1.45. The van der Waals surface area contributed by atoms with Gasteiger partial charge >= 0.3 is 5.69 Å². The Morgan fingerprint density at radius 3 is 2.76 bits per heavy atom. The van der Waals surface area contributed by atoms with Crippen molar-refractivity contribution in [2.75, 3.05) is 18.2 Å².